The topological polar surface area (TPSA) is 76.0 Å². The highest BCUT2D eigenvalue weighted by Gasteiger charge is 2.17. The summed E-state index contributed by atoms with van der Waals surface area (Å²) in [5.41, 5.74) is 1.05. The first kappa shape index (κ1) is 15.5. The third-order valence-electron chi connectivity index (χ3n) is 3.56. The summed E-state index contributed by atoms with van der Waals surface area (Å²) in [6, 6.07) is 2.64. The summed E-state index contributed by atoms with van der Waals surface area (Å²) in [6.45, 7) is 1.99. The van der Waals surface area contributed by atoms with Crippen LogP contribution in [0.3, 0.4) is 0 Å². The molecule has 2 N–H and O–H groups in total. The highest BCUT2D eigenvalue weighted by Crippen LogP contribution is 2.28. The van der Waals surface area contributed by atoms with Crippen molar-refractivity contribution in [3.05, 3.63) is 18.0 Å². The van der Waals surface area contributed by atoms with Crippen LogP contribution in [0.1, 0.15) is 43.8 Å². The van der Waals surface area contributed by atoms with Crippen molar-refractivity contribution in [2.75, 3.05) is 19.3 Å². The van der Waals surface area contributed by atoms with Crippen molar-refractivity contribution in [2.45, 2.75) is 44.7 Å². The fourth-order valence-corrected chi connectivity index (χ4v) is 3.05. The number of nitrogens with one attached hydrogen (secondary N) is 2. The van der Waals surface area contributed by atoms with E-state index in [1.54, 1.807) is 0 Å². The molecular weight excluding hydrogens is 276 g/mol. The normalized spacial score (nSPS) is 16.9. The molecule has 1 aromatic rings. The molecule has 1 saturated carbocycles. The minimum Gasteiger partial charge on any atom is -0.311 e. The highest BCUT2D eigenvalue weighted by molar-refractivity contribution is 7.88. The van der Waals surface area contributed by atoms with Gasteiger partial charge in [0.1, 0.15) is 0 Å². The fraction of sp³-hybridized carbons (Fsp3) is 0.769. The molecule has 0 unspecified atom stereocenters. The molecule has 1 fully saturated rings. The first-order valence-corrected chi connectivity index (χ1v) is 9.13. The van der Waals surface area contributed by atoms with Gasteiger partial charge in [0.2, 0.25) is 10.0 Å². The summed E-state index contributed by atoms with van der Waals surface area (Å²) >= 11 is 0. The van der Waals surface area contributed by atoms with Gasteiger partial charge in [0.15, 0.2) is 0 Å². The van der Waals surface area contributed by atoms with Crippen LogP contribution in [-0.2, 0) is 16.6 Å². The molecule has 0 aliphatic heterocycles. The van der Waals surface area contributed by atoms with Crippen molar-refractivity contribution >= 4 is 10.0 Å². The average molecular weight is 300 g/mol. The predicted molar refractivity (Wildman–Crippen MR) is 78.9 cm³/mol. The lowest BCUT2D eigenvalue weighted by atomic mass is 10.3. The zero-order valence-electron chi connectivity index (χ0n) is 12.0. The van der Waals surface area contributed by atoms with Gasteiger partial charge in [-0.2, -0.15) is 5.10 Å². The molecule has 114 valence electrons. The van der Waals surface area contributed by atoms with Gasteiger partial charge < -0.3 is 5.32 Å². The lowest BCUT2D eigenvalue weighted by Gasteiger charge is -2.09. The third-order valence-corrected chi connectivity index (χ3v) is 4.29. The van der Waals surface area contributed by atoms with E-state index < -0.39 is 10.0 Å². The van der Waals surface area contributed by atoms with Gasteiger partial charge in [-0.3, -0.25) is 4.68 Å². The van der Waals surface area contributed by atoms with Gasteiger partial charge in [0, 0.05) is 19.3 Å². The van der Waals surface area contributed by atoms with E-state index in [0.29, 0.717) is 12.6 Å². The Morgan fingerprint density at radius 1 is 1.35 bits per heavy atom. The lowest BCUT2D eigenvalue weighted by Crippen LogP contribution is -2.26. The van der Waals surface area contributed by atoms with Crippen LogP contribution in [0.4, 0.5) is 0 Å². The van der Waals surface area contributed by atoms with Crippen molar-refractivity contribution in [3.8, 4) is 0 Å². The second kappa shape index (κ2) is 7.19. The monoisotopic (exact) mass is 300 g/mol. The van der Waals surface area contributed by atoms with E-state index in [1.165, 1.54) is 31.9 Å². The summed E-state index contributed by atoms with van der Waals surface area (Å²) < 4.78 is 26.3. The number of hydrogen-bond acceptors (Lipinski definition) is 4. The van der Waals surface area contributed by atoms with Crippen molar-refractivity contribution in [1.82, 2.24) is 19.8 Å². The van der Waals surface area contributed by atoms with Crippen LogP contribution < -0.4 is 10.0 Å². The van der Waals surface area contributed by atoms with Crippen molar-refractivity contribution in [1.29, 1.82) is 0 Å². The van der Waals surface area contributed by atoms with E-state index in [4.69, 9.17) is 0 Å². The van der Waals surface area contributed by atoms with Crippen molar-refractivity contribution < 1.29 is 8.42 Å². The van der Waals surface area contributed by atoms with Crippen LogP contribution in [0.5, 0.6) is 0 Å². The number of sulfonamides is 1. The number of rotatable bonds is 8. The molecule has 6 nitrogen and oxygen atoms in total. The van der Waals surface area contributed by atoms with Gasteiger partial charge >= 0.3 is 0 Å². The largest absolute Gasteiger partial charge is 0.311 e. The quantitative estimate of drug-likeness (QED) is 0.703. The zero-order chi connectivity index (χ0) is 14.4. The molecule has 1 aromatic heterocycles. The number of aromatic nitrogens is 2. The van der Waals surface area contributed by atoms with Gasteiger partial charge in [0.25, 0.3) is 0 Å². The maximum Gasteiger partial charge on any atom is 0.208 e. The molecule has 7 heteroatoms. The van der Waals surface area contributed by atoms with E-state index in [9.17, 15) is 8.42 Å². The molecule has 0 spiro atoms. The Balaban J connectivity index is 1.62. The number of nitrogens with zero attached hydrogens (tertiary/aromatic N) is 2. The fourth-order valence-electron chi connectivity index (χ4n) is 2.53. The molecule has 20 heavy (non-hydrogen) atoms. The minimum atomic E-state index is -3.06. The van der Waals surface area contributed by atoms with E-state index in [2.05, 4.69) is 32.1 Å². The van der Waals surface area contributed by atoms with Crippen molar-refractivity contribution in [2.24, 2.45) is 0 Å². The maximum absolute atomic E-state index is 10.9. The number of hydrogen-bond donors (Lipinski definition) is 2. The molecule has 0 amide bonds. The molecule has 1 heterocycles. The second-order valence-corrected chi connectivity index (χ2v) is 7.26. The zero-order valence-corrected chi connectivity index (χ0v) is 12.8. The predicted octanol–water partition coefficient (Wildman–Crippen LogP) is 1.03. The first-order valence-electron chi connectivity index (χ1n) is 7.24. The lowest BCUT2D eigenvalue weighted by molar-refractivity contribution is 0.460. The Morgan fingerprint density at radius 3 is 2.80 bits per heavy atom. The Labute approximate surface area is 121 Å². The van der Waals surface area contributed by atoms with Crippen LogP contribution in [0.15, 0.2) is 12.3 Å². The van der Waals surface area contributed by atoms with Crippen molar-refractivity contribution in [3.63, 3.8) is 0 Å². The summed E-state index contributed by atoms with van der Waals surface area (Å²) in [4.78, 5) is 0. The molecule has 0 radical (unpaired) electrons. The Kier molecular flexibility index (Phi) is 5.56. The smallest absolute Gasteiger partial charge is 0.208 e. The first-order chi connectivity index (χ1) is 9.54. The Bertz CT molecular complexity index is 506. The Hall–Kier alpha value is -0.920. The van der Waals surface area contributed by atoms with E-state index >= 15 is 0 Å². The van der Waals surface area contributed by atoms with E-state index in [-0.39, 0.29) is 0 Å². The van der Waals surface area contributed by atoms with Gasteiger partial charge in [-0.25, -0.2) is 13.1 Å². The van der Waals surface area contributed by atoms with Gasteiger partial charge in [-0.15, -0.1) is 0 Å². The summed E-state index contributed by atoms with van der Waals surface area (Å²) in [5, 5.41) is 7.87. The molecule has 2 rings (SSSR count). The average Bonchev–Trinajstić information content (AvgIpc) is 3.02. The van der Waals surface area contributed by atoms with E-state index in [0.717, 1.165) is 25.2 Å². The SMILES string of the molecule is CS(=O)(=O)NCCCNCc1ccn(C2CCCC2)n1. The van der Waals surface area contributed by atoms with Crippen LogP contribution in [0.25, 0.3) is 0 Å². The highest BCUT2D eigenvalue weighted by atomic mass is 32.2. The molecule has 0 saturated heterocycles. The molecule has 0 aromatic carbocycles. The van der Waals surface area contributed by atoms with Crippen LogP contribution in [0, 0.1) is 0 Å². The maximum atomic E-state index is 10.9. The summed E-state index contributed by atoms with van der Waals surface area (Å²) in [6.07, 6.45) is 9.12. The Morgan fingerprint density at radius 2 is 2.10 bits per heavy atom. The van der Waals surface area contributed by atoms with Gasteiger partial charge in [-0.1, -0.05) is 12.8 Å². The standard InChI is InChI=1S/C13H24N4O2S/c1-20(18,19)15-9-4-8-14-11-12-7-10-17(16-12)13-5-2-3-6-13/h7,10,13-15H,2-6,8-9,11H2,1H3. The van der Waals surface area contributed by atoms with E-state index in [1.807, 2.05) is 0 Å². The molecule has 0 atom stereocenters. The molecule has 1 aliphatic rings. The molecule has 0 bridgehead atoms. The molecule has 1 aliphatic carbocycles. The summed E-state index contributed by atoms with van der Waals surface area (Å²) in [7, 11) is -3.06. The third kappa shape index (κ3) is 5.22. The van der Waals surface area contributed by atoms with Crippen LogP contribution in [-0.4, -0.2) is 37.5 Å². The second-order valence-electron chi connectivity index (χ2n) is 5.42. The van der Waals surface area contributed by atoms with Gasteiger partial charge in [0.05, 0.1) is 18.0 Å². The molecular formula is C13H24N4O2S. The van der Waals surface area contributed by atoms with Gasteiger partial charge in [-0.05, 0) is 31.9 Å². The summed E-state index contributed by atoms with van der Waals surface area (Å²) in [5.74, 6) is 0. The minimum absolute atomic E-state index is 0.475. The van der Waals surface area contributed by atoms with Crippen LogP contribution >= 0.6 is 0 Å². The van der Waals surface area contributed by atoms with Crippen LogP contribution in [0.2, 0.25) is 0 Å².